The minimum absolute atomic E-state index is 0.00891. The predicted octanol–water partition coefficient (Wildman–Crippen LogP) is 2.42. The molecule has 0 radical (unpaired) electrons. The van der Waals surface area contributed by atoms with Gasteiger partial charge in [-0.1, -0.05) is 11.3 Å². The molecule has 2 aliphatic rings. The van der Waals surface area contributed by atoms with Crippen molar-refractivity contribution in [3.05, 3.63) is 22.9 Å². The van der Waals surface area contributed by atoms with Crippen molar-refractivity contribution in [1.29, 1.82) is 0 Å². The molecule has 0 saturated carbocycles. The number of aromatic nitrogens is 1. The van der Waals surface area contributed by atoms with Crippen LogP contribution in [0.2, 0.25) is 0 Å². The van der Waals surface area contributed by atoms with E-state index in [1.807, 2.05) is 38.7 Å². The molecular formula is C24H36N6O2S. The minimum atomic E-state index is -0.845. The molecule has 0 aliphatic carbocycles. The van der Waals surface area contributed by atoms with Gasteiger partial charge >= 0.3 is 0 Å². The quantitative estimate of drug-likeness (QED) is 0.629. The van der Waals surface area contributed by atoms with Crippen LogP contribution in [-0.2, 0) is 4.79 Å². The van der Waals surface area contributed by atoms with E-state index in [-0.39, 0.29) is 17.9 Å². The van der Waals surface area contributed by atoms with Crippen LogP contribution in [0.15, 0.2) is 6.07 Å². The standard InChI is InChI=1S/C24H36N6O2S/c1-14(2)27-23(32)24(26)8-5-9-30(13-24)17-6-10-29(11-7-17)22(31)19-18-12-15(3)16(4)28-21(18)33-20(19)25/h12,14,17H,5-11,13,25-26H2,1-4H3,(H,27,32). The number of nitrogens with one attached hydrogen (secondary N) is 1. The van der Waals surface area contributed by atoms with Gasteiger partial charge in [-0.05, 0) is 71.6 Å². The summed E-state index contributed by atoms with van der Waals surface area (Å²) in [6.07, 6.45) is 3.35. The number of aryl methyl sites for hydroxylation is 2. The number of hydrogen-bond acceptors (Lipinski definition) is 7. The van der Waals surface area contributed by atoms with Crippen LogP contribution in [-0.4, -0.2) is 70.4 Å². The lowest BCUT2D eigenvalue weighted by molar-refractivity contribution is -0.129. The molecule has 0 aromatic carbocycles. The number of piperidine rings is 2. The molecule has 0 bridgehead atoms. The smallest absolute Gasteiger partial charge is 0.257 e. The Morgan fingerprint density at radius 2 is 1.94 bits per heavy atom. The summed E-state index contributed by atoms with van der Waals surface area (Å²) < 4.78 is 0. The van der Waals surface area contributed by atoms with Gasteiger partial charge in [0, 0.05) is 42.8 Å². The lowest BCUT2D eigenvalue weighted by Crippen LogP contribution is -2.65. The highest BCUT2D eigenvalue weighted by Gasteiger charge is 2.41. The van der Waals surface area contributed by atoms with E-state index in [1.54, 1.807) is 0 Å². The number of nitrogen functional groups attached to an aromatic ring is 1. The monoisotopic (exact) mass is 472 g/mol. The number of anilines is 1. The van der Waals surface area contributed by atoms with E-state index >= 15 is 0 Å². The molecule has 2 amide bonds. The predicted molar refractivity (Wildman–Crippen MR) is 133 cm³/mol. The third-order valence-corrected chi connectivity index (χ3v) is 7.99. The highest BCUT2D eigenvalue weighted by Crippen LogP contribution is 2.35. The van der Waals surface area contributed by atoms with Crippen molar-refractivity contribution >= 4 is 38.4 Å². The Morgan fingerprint density at radius 3 is 2.61 bits per heavy atom. The van der Waals surface area contributed by atoms with E-state index in [9.17, 15) is 9.59 Å². The molecule has 2 aliphatic heterocycles. The maximum Gasteiger partial charge on any atom is 0.257 e. The fourth-order valence-electron chi connectivity index (χ4n) is 5.06. The summed E-state index contributed by atoms with van der Waals surface area (Å²) >= 11 is 1.38. The summed E-state index contributed by atoms with van der Waals surface area (Å²) in [5.74, 6) is -0.0702. The summed E-state index contributed by atoms with van der Waals surface area (Å²) in [5, 5.41) is 4.37. The summed E-state index contributed by atoms with van der Waals surface area (Å²) in [7, 11) is 0. The molecule has 2 aromatic heterocycles. The first-order valence-corrected chi connectivity index (χ1v) is 12.7. The van der Waals surface area contributed by atoms with Gasteiger partial charge in [-0.2, -0.15) is 0 Å². The number of nitrogens with two attached hydrogens (primary N) is 2. The number of likely N-dealkylation sites (tertiary alicyclic amines) is 2. The Morgan fingerprint density at radius 1 is 1.24 bits per heavy atom. The van der Waals surface area contributed by atoms with Gasteiger partial charge in [0.1, 0.15) is 15.4 Å². The summed E-state index contributed by atoms with van der Waals surface area (Å²) in [5.41, 5.74) is 14.6. The van der Waals surface area contributed by atoms with E-state index in [2.05, 4.69) is 15.2 Å². The van der Waals surface area contributed by atoms with Crippen LogP contribution in [0.5, 0.6) is 0 Å². The molecule has 9 heteroatoms. The maximum atomic E-state index is 13.4. The Kier molecular flexibility index (Phi) is 6.66. The van der Waals surface area contributed by atoms with Crippen LogP contribution >= 0.6 is 11.3 Å². The molecule has 8 nitrogen and oxygen atoms in total. The Labute approximate surface area is 199 Å². The average Bonchev–Trinajstić information content (AvgIpc) is 3.07. The Hall–Kier alpha value is -2.23. The number of amides is 2. The number of fused-ring (bicyclic) bond motifs is 1. The fraction of sp³-hybridized carbons (Fsp3) is 0.625. The van der Waals surface area contributed by atoms with Crippen molar-refractivity contribution in [2.75, 3.05) is 31.9 Å². The Bertz CT molecular complexity index is 1060. The number of thiophene rings is 1. The third-order valence-electron chi connectivity index (χ3n) is 7.06. The fourth-order valence-corrected chi connectivity index (χ4v) is 6.02. The van der Waals surface area contributed by atoms with E-state index in [1.165, 1.54) is 11.3 Å². The second-order valence-corrected chi connectivity index (χ2v) is 11.0. The topological polar surface area (TPSA) is 118 Å². The molecule has 4 heterocycles. The SMILES string of the molecule is Cc1cc2c(C(=O)N3CCC(N4CCCC(N)(C(=O)NC(C)C)C4)CC3)c(N)sc2nc1C. The summed E-state index contributed by atoms with van der Waals surface area (Å²) in [6, 6.07) is 2.43. The lowest BCUT2D eigenvalue weighted by Gasteiger charge is -2.45. The summed E-state index contributed by atoms with van der Waals surface area (Å²) in [6.45, 7) is 10.7. The maximum absolute atomic E-state index is 13.4. The third kappa shape index (κ3) is 4.72. The van der Waals surface area contributed by atoms with Gasteiger partial charge < -0.3 is 21.7 Å². The minimum Gasteiger partial charge on any atom is -0.390 e. The molecular weight excluding hydrogens is 436 g/mol. The van der Waals surface area contributed by atoms with Crippen LogP contribution in [0.25, 0.3) is 10.2 Å². The van der Waals surface area contributed by atoms with Crippen molar-refractivity contribution in [1.82, 2.24) is 20.1 Å². The van der Waals surface area contributed by atoms with Crippen molar-refractivity contribution in [2.24, 2.45) is 5.73 Å². The van der Waals surface area contributed by atoms with Gasteiger partial charge in [0.2, 0.25) is 5.91 Å². The van der Waals surface area contributed by atoms with Crippen LogP contribution < -0.4 is 16.8 Å². The second kappa shape index (κ2) is 9.19. The van der Waals surface area contributed by atoms with Gasteiger partial charge in [-0.25, -0.2) is 4.98 Å². The number of pyridine rings is 1. The molecule has 2 saturated heterocycles. The number of rotatable bonds is 4. The molecule has 5 N–H and O–H groups in total. The van der Waals surface area contributed by atoms with Crippen molar-refractivity contribution in [2.45, 2.75) is 71.0 Å². The number of hydrogen-bond donors (Lipinski definition) is 3. The first-order chi connectivity index (χ1) is 15.6. The summed E-state index contributed by atoms with van der Waals surface area (Å²) in [4.78, 5) is 35.8. The highest BCUT2D eigenvalue weighted by atomic mass is 32.1. The largest absolute Gasteiger partial charge is 0.390 e. The van der Waals surface area contributed by atoms with Gasteiger partial charge in [-0.15, -0.1) is 0 Å². The van der Waals surface area contributed by atoms with Crippen molar-refractivity contribution in [3.63, 3.8) is 0 Å². The zero-order chi connectivity index (χ0) is 23.9. The van der Waals surface area contributed by atoms with Gasteiger partial charge in [0.25, 0.3) is 5.91 Å². The van der Waals surface area contributed by atoms with Gasteiger partial charge in [0.05, 0.1) is 5.56 Å². The molecule has 33 heavy (non-hydrogen) atoms. The zero-order valence-corrected chi connectivity index (χ0v) is 20.9. The molecule has 2 aromatic rings. The van der Waals surface area contributed by atoms with Gasteiger partial charge in [-0.3, -0.25) is 14.5 Å². The first kappa shape index (κ1) is 23.9. The highest BCUT2D eigenvalue weighted by molar-refractivity contribution is 7.22. The average molecular weight is 473 g/mol. The van der Waals surface area contributed by atoms with E-state index < -0.39 is 5.54 Å². The molecule has 4 rings (SSSR count). The number of carbonyl (C=O) groups is 2. The van der Waals surface area contributed by atoms with Crippen LogP contribution in [0, 0.1) is 13.8 Å². The van der Waals surface area contributed by atoms with Crippen molar-refractivity contribution in [3.8, 4) is 0 Å². The number of nitrogens with zero attached hydrogens (tertiary/aromatic N) is 3. The van der Waals surface area contributed by atoms with Crippen LogP contribution in [0.1, 0.15) is 61.1 Å². The Balaban J connectivity index is 1.43. The normalized spacial score (nSPS) is 22.8. The van der Waals surface area contributed by atoms with Crippen LogP contribution in [0.4, 0.5) is 5.00 Å². The van der Waals surface area contributed by atoms with E-state index in [0.29, 0.717) is 42.7 Å². The lowest BCUT2D eigenvalue weighted by atomic mass is 9.87. The van der Waals surface area contributed by atoms with E-state index in [0.717, 1.165) is 47.3 Å². The van der Waals surface area contributed by atoms with Crippen molar-refractivity contribution < 1.29 is 9.59 Å². The zero-order valence-electron chi connectivity index (χ0n) is 20.1. The molecule has 1 unspecified atom stereocenters. The molecule has 0 spiro atoms. The number of carbonyl (C=O) groups excluding carboxylic acids is 2. The molecule has 1 atom stereocenters. The van der Waals surface area contributed by atoms with Gasteiger partial charge in [0.15, 0.2) is 0 Å². The second-order valence-electron chi connectivity index (χ2n) is 9.97. The molecule has 2 fully saturated rings. The molecule has 180 valence electrons. The van der Waals surface area contributed by atoms with Crippen LogP contribution in [0.3, 0.4) is 0 Å². The van der Waals surface area contributed by atoms with E-state index in [4.69, 9.17) is 11.5 Å². The first-order valence-electron chi connectivity index (χ1n) is 11.9.